The summed E-state index contributed by atoms with van der Waals surface area (Å²) < 4.78 is 5.15. The van der Waals surface area contributed by atoms with Crippen LogP contribution < -0.4 is 10.6 Å². The minimum atomic E-state index is -0.300. The number of nitrogens with one attached hydrogen (secondary N) is 2. The average molecular weight is 200 g/mol. The fourth-order valence-electron chi connectivity index (χ4n) is 1.47. The van der Waals surface area contributed by atoms with Crippen LogP contribution in [0.2, 0.25) is 0 Å². The Kier molecular flexibility index (Phi) is 3.75. The first-order chi connectivity index (χ1) is 6.56. The summed E-state index contributed by atoms with van der Waals surface area (Å²) in [7, 11) is 0. The van der Waals surface area contributed by atoms with Gasteiger partial charge in [0.1, 0.15) is 6.10 Å². The second kappa shape index (κ2) is 4.64. The molecule has 0 spiro atoms. The Hall–Kier alpha value is -0.770. The third-order valence-electron chi connectivity index (χ3n) is 2.66. The summed E-state index contributed by atoms with van der Waals surface area (Å²) in [5, 5.41) is 6.11. The van der Waals surface area contributed by atoms with Crippen LogP contribution in [-0.4, -0.2) is 30.8 Å². The number of carbonyl (C=O) groups excluding carboxylic acids is 1. The first kappa shape index (κ1) is 11.3. The zero-order valence-electron chi connectivity index (χ0n) is 9.22. The third kappa shape index (κ3) is 3.18. The van der Waals surface area contributed by atoms with Gasteiger partial charge in [-0.3, -0.25) is 0 Å². The highest BCUT2D eigenvalue weighted by Gasteiger charge is 2.30. The van der Waals surface area contributed by atoms with E-state index in [0.717, 1.165) is 25.9 Å². The summed E-state index contributed by atoms with van der Waals surface area (Å²) in [5.74, 6) is 0. The van der Waals surface area contributed by atoms with Crippen molar-refractivity contribution in [3.63, 3.8) is 0 Å². The van der Waals surface area contributed by atoms with Crippen LogP contribution in [-0.2, 0) is 4.74 Å². The van der Waals surface area contributed by atoms with Crippen molar-refractivity contribution in [2.45, 2.75) is 45.3 Å². The number of alkyl carbamates (subject to hydrolysis) is 1. The van der Waals surface area contributed by atoms with Crippen LogP contribution in [0.5, 0.6) is 0 Å². The molecule has 4 nitrogen and oxygen atoms in total. The Labute approximate surface area is 85.4 Å². The molecule has 0 radical (unpaired) electrons. The van der Waals surface area contributed by atoms with Crippen LogP contribution in [0.4, 0.5) is 4.79 Å². The van der Waals surface area contributed by atoms with Crippen molar-refractivity contribution >= 4 is 6.09 Å². The van der Waals surface area contributed by atoms with E-state index in [1.54, 1.807) is 0 Å². The van der Waals surface area contributed by atoms with Gasteiger partial charge in [-0.25, -0.2) is 4.79 Å². The van der Waals surface area contributed by atoms with Crippen molar-refractivity contribution < 1.29 is 9.53 Å². The Morgan fingerprint density at radius 2 is 2.43 bits per heavy atom. The first-order valence-electron chi connectivity index (χ1n) is 5.25. The molecule has 0 aliphatic carbocycles. The molecule has 0 aromatic carbocycles. The molecule has 1 aliphatic heterocycles. The summed E-state index contributed by atoms with van der Waals surface area (Å²) in [6.07, 6.45) is 1.50. The van der Waals surface area contributed by atoms with Crippen molar-refractivity contribution in [2.75, 3.05) is 13.1 Å². The number of hydrogen-bond acceptors (Lipinski definition) is 3. The second-order valence-corrected chi connectivity index (χ2v) is 4.24. The molecule has 14 heavy (non-hydrogen) atoms. The van der Waals surface area contributed by atoms with Crippen LogP contribution in [0.3, 0.4) is 0 Å². The molecule has 4 heteroatoms. The predicted octanol–water partition coefficient (Wildman–Crippen LogP) is 1.26. The van der Waals surface area contributed by atoms with Gasteiger partial charge in [0.25, 0.3) is 0 Å². The predicted molar refractivity (Wildman–Crippen MR) is 55.3 cm³/mol. The number of rotatable bonds is 3. The molecule has 2 atom stereocenters. The molecule has 1 heterocycles. The van der Waals surface area contributed by atoms with Crippen LogP contribution in [0, 0.1) is 0 Å². The Morgan fingerprint density at radius 3 is 2.93 bits per heavy atom. The molecule has 1 aliphatic rings. The lowest BCUT2D eigenvalue weighted by Crippen LogP contribution is -2.48. The molecule has 1 fully saturated rings. The number of carbonyl (C=O) groups is 1. The van der Waals surface area contributed by atoms with Gasteiger partial charge in [0.2, 0.25) is 0 Å². The van der Waals surface area contributed by atoms with E-state index >= 15 is 0 Å². The van der Waals surface area contributed by atoms with E-state index in [2.05, 4.69) is 10.6 Å². The van der Waals surface area contributed by atoms with E-state index in [9.17, 15) is 4.79 Å². The van der Waals surface area contributed by atoms with Crippen LogP contribution in [0.25, 0.3) is 0 Å². The molecule has 1 saturated heterocycles. The number of ether oxygens (including phenoxy) is 1. The monoisotopic (exact) mass is 200 g/mol. The van der Waals surface area contributed by atoms with E-state index in [1.807, 2.05) is 20.8 Å². The Morgan fingerprint density at radius 1 is 1.71 bits per heavy atom. The Balaban J connectivity index is 2.32. The number of amides is 1. The van der Waals surface area contributed by atoms with Gasteiger partial charge in [-0.05, 0) is 33.2 Å². The zero-order chi connectivity index (χ0) is 10.6. The van der Waals surface area contributed by atoms with E-state index in [-0.39, 0.29) is 17.7 Å². The highest BCUT2D eigenvalue weighted by molar-refractivity contribution is 5.68. The fourth-order valence-corrected chi connectivity index (χ4v) is 1.47. The molecular weight excluding hydrogens is 180 g/mol. The molecule has 82 valence electrons. The smallest absolute Gasteiger partial charge is 0.407 e. The minimum absolute atomic E-state index is 0.00652. The lowest BCUT2D eigenvalue weighted by molar-refractivity contribution is 0.0968. The van der Waals surface area contributed by atoms with E-state index in [1.165, 1.54) is 0 Å². The maximum absolute atomic E-state index is 11.4. The maximum Gasteiger partial charge on any atom is 0.407 e. The first-order valence-corrected chi connectivity index (χ1v) is 5.25. The minimum Gasteiger partial charge on any atom is -0.447 e. The lowest BCUT2D eigenvalue weighted by Gasteiger charge is -2.24. The maximum atomic E-state index is 11.4. The summed E-state index contributed by atoms with van der Waals surface area (Å²) >= 11 is 0. The van der Waals surface area contributed by atoms with Gasteiger partial charge in [-0.15, -0.1) is 0 Å². The van der Waals surface area contributed by atoms with Crippen molar-refractivity contribution in [3.8, 4) is 0 Å². The quantitative estimate of drug-likeness (QED) is 0.721. The molecular formula is C10H20N2O2. The van der Waals surface area contributed by atoms with Crippen molar-refractivity contribution in [1.29, 1.82) is 0 Å². The fraction of sp³-hybridized carbons (Fsp3) is 0.900. The van der Waals surface area contributed by atoms with E-state index < -0.39 is 0 Å². The summed E-state index contributed by atoms with van der Waals surface area (Å²) in [6, 6.07) is 0. The van der Waals surface area contributed by atoms with Crippen LogP contribution >= 0.6 is 0 Å². The largest absolute Gasteiger partial charge is 0.447 e. The topological polar surface area (TPSA) is 50.4 Å². The molecule has 1 rings (SSSR count). The third-order valence-corrected chi connectivity index (χ3v) is 2.66. The average Bonchev–Trinajstić information content (AvgIpc) is 2.51. The normalized spacial score (nSPS) is 28.5. The van der Waals surface area contributed by atoms with Gasteiger partial charge in [0.05, 0.1) is 5.54 Å². The molecule has 1 unspecified atom stereocenters. The zero-order valence-corrected chi connectivity index (χ0v) is 9.22. The summed E-state index contributed by atoms with van der Waals surface area (Å²) in [6.45, 7) is 7.71. The number of hydrogen-bond donors (Lipinski definition) is 2. The van der Waals surface area contributed by atoms with Gasteiger partial charge >= 0.3 is 6.09 Å². The highest BCUT2D eigenvalue weighted by Crippen LogP contribution is 2.13. The molecule has 2 N–H and O–H groups in total. The molecule has 0 bridgehead atoms. The van der Waals surface area contributed by atoms with Gasteiger partial charge in [0.15, 0.2) is 0 Å². The van der Waals surface area contributed by atoms with Crippen LogP contribution in [0.15, 0.2) is 0 Å². The lowest BCUT2D eigenvalue weighted by atomic mass is 10.0. The van der Waals surface area contributed by atoms with E-state index in [0.29, 0.717) is 0 Å². The SMILES string of the molecule is CC[C@H](C)OC(=O)NC1(C)CCNC1. The van der Waals surface area contributed by atoms with Gasteiger partial charge in [0, 0.05) is 6.54 Å². The van der Waals surface area contributed by atoms with Gasteiger partial charge in [-0.1, -0.05) is 6.92 Å². The Bertz CT molecular complexity index is 200. The van der Waals surface area contributed by atoms with Crippen LogP contribution in [0.1, 0.15) is 33.6 Å². The second-order valence-electron chi connectivity index (χ2n) is 4.24. The van der Waals surface area contributed by atoms with Gasteiger partial charge in [-0.2, -0.15) is 0 Å². The van der Waals surface area contributed by atoms with Crippen molar-refractivity contribution in [1.82, 2.24) is 10.6 Å². The standard InChI is InChI=1S/C10H20N2O2/c1-4-8(2)14-9(13)12-10(3)5-6-11-7-10/h8,11H,4-7H2,1-3H3,(H,12,13)/t8-,10?/m0/s1. The molecule has 0 saturated carbocycles. The molecule has 0 aromatic heterocycles. The van der Waals surface area contributed by atoms with Gasteiger partial charge < -0.3 is 15.4 Å². The summed E-state index contributed by atoms with van der Waals surface area (Å²) in [4.78, 5) is 11.4. The summed E-state index contributed by atoms with van der Waals surface area (Å²) in [5.41, 5.74) is -0.134. The molecule has 1 amide bonds. The van der Waals surface area contributed by atoms with Crippen molar-refractivity contribution in [2.24, 2.45) is 0 Å². The van der Waals surface area contributed by atoms with E-state index in [4.69, 9.17) is 4.74 Å². The highest BCUT2D eigenvalue weighted by atomic mass is 16.6. The molecule has 0 aromatic rings. The van der Waals surface area contributed by atoms with Crippen molar-refractivity contribution in [3.05, 3.63) is 0 Å².